The zero-order valence-electron chi connectivity index (χ0n) is 17.9. The van der Waals surface area contributed by atoms with Crippen molar-refractivity contribution in [1.82, 2.24) is 14.3 Å². The standard InChI is InChI=1S/C22H26N4O4S2/c1-26-14-13-23-21(26)16-30-18-10-8-17(9-11-18)24-22(27)20(12-15-31-2)25-32(28,29)19-6-4-3-5-7-19/h3-11,13-14,20,25H,12,15-16H2,1-2H3,(H,24,27). The van der Waals surface area contributed by atoms with Crippen LogP contribution in [0.4, 0.5) is 5.69 Å². The second-order valence-corrected chi connectivity index (χ2v) is 9.72. The van der Waals surface area contributed by atoms with E-state index in [-0.39, 0.29) is 4.90 Å². The van der Waals surface area contributed by atoms with Crippen molar-refractivity contribution in [2.45, 2.75) is 24.0 Å². The smallest absolute Gasteiger partial charge is 0.242 e. The number of hydrogen-bond acceptors (Lipinski definition) is 6. The summed E-state index contributed by atoms with van der Waals surface area (Å²) in [6.07, 6.45) is 5.82. The number of amides is 1. The first-order chi connectivity index (χ1) is 15.4. The number of thioether (sulfide) groups is 1. The molecule has 10 heteroatoms. The van der Waals surface area contributed by atoms with E-state index in [4.69, 9.17) is 4.74 Å². The lowest BCUT2D eigenvalue weighted by molar-refractivity contribution is -0.117. The molecular formula is C22H26N4O4S2. The van der Waals surface area contributed by atoms with Crippen LogP contribution in [0.2, 0.25) is 0 Å². The van der Waals surface area contributed by atoms with Crippen molar-refractivity contribution in [3.05, 3.63) is 72.8 Å². The van der Waals surface area contributed by atoms with Gasteiger partial charge in [-0.15, -0.1) is 0 Å². The number of hydrogen-bond donors (Lipinski definition) is 2. The Morgan fingerprint density at radius 3 is 2.50 bits per heavy atom. The van der Waals surface area contributed by atoms with Gasteiger partial charge in [0, 0.05) is 25.1 Å². The predicted molar refractivity (Wildman–Crippen MR) is 126 cm³/mol. The van der Waals surface area contributed by atoms with E-state index >= 15 is 0 Å². The van der Waals surface area contributed by atoms with E-state index in [1.54, 1.807) is 60.4 Å². The number of carbonyl (C=O) groups is 1. The number of aryl methyl sites for hydroxylation is 1. The highest BCUT2D eigenvalue weighted by molar-refractivity contribution is 7.98. The fourth-order valence-electron chi connectivity index (χ4n) is 2.88. The molecular weight excluding hydrogens is 448 g/mol. The van der Waals surface area contributed by atoms with E-state index in [1.807, 2.05) is 24.1 Å². The van der Waals surface area contributed by atoms with E-state index in [0.717, 1.165) is 5.82 Å². The first-order valence-corrected chi connectivity index (χ1v) is 12.8. The minimum absolute atomic E-state index is 0.121. The average molecular weight is 475 g/mol. The molecule has 0 aliphatic rings. The largest absolute Gasteiger partial charge is 0.486 e. The number of rotatable bonds is 11. The maximum Gasteiger partial charge on any atom is 0.242 e. The van der Waals surface area contributed by atoms with E-state index in [9.17, 15) is 13.2 Å². The second kappa shape index (κ2) is 11.2. The molecule has 1 heterocycles. The number of sulfonamides is 1. The predicted octanol–water partition coefficient (Wildman–Crippen LogP) is 3.04. The highest BCUT2D eigenvalue weighted by Gasteiger charge is 2.25. The van der Waals surface area contributed by atoms with Crippen LogP contribution in [0.15, 0.2) is 71.9 Å². The van der Waals surface area contributed by atoms with E-state index in [0.29, 0.717) is 30.2 Å². The Morgan fingerprint density at radius 1 is 1.16 bits per heavy atom. The van der Waals surface area contributed by atoms with Crippen molar-refractivity contribution in [2.24, 2.45) is 7.05 Å². The molecule has 2 N–H and O–H groups in total. The molecule has 0 bridgehead atoms. The van der Waals surface area contributed by atoms with Gasteiger partial charge in [-0.1, -0.05) is 18.2 Å². The Labute approximate surface area is 192 Å². The van der Waals surface area contributed by atoms with Crippen molar-refractivity contribution >= 4 is 33.4 Å². The van der Waals surface area contributed by atoms with Gasteiger partial charge in [-0.2, -0.15) is 16.5 Å². The number of anilines is 1. The fourth-order valence-corrected chi connectivity index (χ4v) is 4.60. The molecule has 3 rings (SSSR count). The molecule has 1 unspecified atom stereocenters. The Kier molecular flexibility index (Phi) is 8.32. The van der Waals surface area contributed by atoms with Gasteiger partial charge in [0.15, 0.2) is 0 Å². The number of carbonyl (C=O) groups excluding carboxylic acids is 1. The van der Waals surface area contributed by atoms with Gasteiger partial charge in [0.2, 0.25) is 15.9 Å². The van der Waals surface area contributed by atoms with Crippen molar-refractivity contribution in [1.29, 1.82) is 0 Å². The first-order valence-electron chi connectivity index (χ1n) is 9.95. The number of nitrogens with one attached hydrogen (secondary N) is 2. The minimum atomic E-state index is -3.81. The molecule has 1 aromatic heterocycles. The lowest BCUT2D eigenvalue weighted by Gasteiger charge is -2.18. The Hall–Kier alpha value is -2.82. The van der Waals surface area contributed by atoms with Gasteiger partial charge in [-0.05, 0) is 54.8 Å². The van der Waals surface area contributed by atoms with E-state index in [1.165, 1.54) is 12.1 Å². The van der Waals surface area contributed by atoms with Crippen LogP contribution in [0.5, 0.6) is 5.75 Å². The molecule has 0 spiro atoms. The molecule has 1 atom stereocenters. The highest BCUT2D eigenvalue weighted by atomic mass is 32.2. The third-order valence-corrected chi connectivity index (χ3v) is 6.82. The molecule has 0 fully saturated rings. The summed E-state index contributed by atoms with van der Waals surface area (Å²) in [5, 5.41) is 2.78. The lowest BCUT2D eigenvalue weighted by atomic mass is 10.2. The van der Waals surface area contributed by atoms with Crippen LogP contribution in [0.25, 0.3) is 0 Å². The minimum Gasteiger partial charge on any atom is -0.486 e. The second-order valence-electron chi connectivity index (χ2n) is 7.03. The molecule has 0 aliphatic carbocycles. The Morgan fingerprint density at radius 2 is 1.88 bits per heavy atom. The molecule has 0 saturated heterocycles. The van der Waals surface area contributed by atoms with Gasteiger partial charge in [-0.25, -0.2) is 13.4 Å². The number of benzene rings is 2. The SMILES string of the molecule is CSCCC(NS(=O)(=O)c1ccccc1)C(=O)Nc1ccc(OCc2nccn2C)cc1. The van der Waals surface area contributed by atoms with Crippen LogP contribution in [0.1, 0.15) is 12.2 Å². The van der Waals surface area contributed by atoms with Crippen molar-refractivity contribution in [2.75, 3.05) is 17.3 Å². The zero-order chi connectivity index (χ0) is 23.0. The van der Waals surface area contributed by atoms with Crippen molar-refractivity contribution in [3.8, 4) is 5.75 Å². The molecule has 32 heavy (non-hydrogen) atoms. The summed E-state index contributed by atoms with van der Waals surface area (Å²) < 4.78 is 35.5. The summed E-state index contributed by atoms with van der Waals surface area (Å²) >= 11 is 1.54. The number of nitrogens with zero attached hydrogens (tertiary/aromatic N) is 2. The molecule has 0 radical (unpaired) electrons. The summed E-state index contributed by atoms with van der Waals surface area (Å²) in [5.41, 5.74) is 0.549. The summed E-state index contributed by atoms with van der Waals surface area (Å²) in [5.74, 6) is 1.65. The normalized spacial score (nSPS) is 12.3. The van der Waals surface area contributed by atoms with E-state index in [2.05, 4.69) is 15.0 Å². The van der Waals surface area contributed by atoms with Gasteiger partial charge in [0.1, 0.15) is 24.2 Å². The maximum absolute atomic E-state index is 12.8. The molecule has 3 aromatic rings. The molecule has 170 valence electrons. The quantitative estimate of drug-likeness (QED) is 0.443. The molecule has 8 nitrogen and oxygen atoms in total. The topological polar surface area (TPSA) is 102 Å². The summed E-state index contributed by atoms with van der Waals surface area (Å²) in [4.78, 5) is 17.2. The zero-order valence-corrected chi connectivity index (χ0v) is 19.5. The Bertz CT molecular complexity index is 1120. The summed E-state index contributed by atoms with van der Waals surface area (Å²) in [6, 6.07) is 14.0. The van der Waals surface area contributed by atoms with Gasteiger partial charge < -0.3 is 14.6 Å². The van der Waals surface area contributed by atoms with Crippen LogP contribution in [-0.4, -0.2) is 41.9 Å². The van der Waals surface area contributed by atoms with Gasteiger partial charge in [0.25, 0.3) is 0 Å². The maximum atomic E-state index is 12.8. The highest BCUT2D eigenvalue weighted by Crippen LogP contribution is 2.18. The van der Waals surface area contributed by atoms with Crippen LogP contribution in [0, 0.1) is 0 Å². The van der Waals surface area contributed by atoms with Gasteiger partial charge in [0.05, 0.1) is 4.90 Å². The monoisotopic (exact) mass is 474 g/mol. The molecule has 1 amide bonds. The lowest BCUT2D eigenvalue weighted by Crippen LogP contribution is -2.44. The van der Waals surface area contributed by atoms with Crippen LogP contribution in [-0.2, 0) is 28.5 Å². The number of aromatic nitrogens is 2. The third kappa shape index (κ3) is 6.59. The van der Waals surface area contributed by atoms with Crippen molar-refractivity contribution in [3.63, 3.8) is 0 Å². The molecule has 0 saturated carbocycles. The van der Waals surface area contributed by atoms with Crippen LogP contribution in [0.3, 0.4) is 0 Å². The van der Waals surface area contributed by atoms with Crippen LogP contribution >= 0.6 is 11.8 Å². The first kappa shape index (κ1) is 23.8. The van der Waals surface area contributed by atoms with Gasteiger partial charge >= 0.3 is 0 Å². The summed E-state index contributed by atoms with van der Waals surface area (Å²) in [7, 11) is -1.92. The van der Waals surface area contributed by atoms with Crippen LogP contribution < -0.4 is 14.8 Å². The van der Waals surface area contributed by atoms with E-state index < -0.39 is 22.0 Å². The molecule has 2 aromatic carbocycles. The van der Waals surface area contributed by atoms with Crippen molar-refractivity contribution < 1.29 is 17.9 Å². The van der Waals surface area contributed by atoms with Gasteiger partial charge in [-0.3, -0.25) is 4.79 Å². The summed E-state index contributed by atoms with van der Waals surface area (Å²) in [6.45, 7) is 0.327. The third-order valence-electron chi connectivity index (χ3n) is 4.69. The number of imidazole rings is 1. The fraction of sp³-hybridized carbons (Fsp3) is 0.273. The number of ether oxygens (including phenoxy) is 1. The average Bonchev–Trinajstić information content (AvgIpc) is 3.21. The molecule has 0 aliphatic heterocycles. The Balaban J connectivity index is 1.63.